The van der Waals surface area contributed by atoms with Crippen LogP contribution in [-0.4, -0.2) is 23.0 Å². The Hall–Kier alpha value is -2.10. The summed E-state index contributed by atoms with van der Waals surface area (Å²) in [5.74, 6) is -0.481. The quantitative estimate of drug-likeness (QED) is 0.726. The lowest BCUT2D eigenvalue weighted by atomic mass is 10.00. The number of carbonyl (C=O) groups excluding carboxylic acids is 1. The van der Waals surface area contributed by atoms with Gasteiger partial charge in [0.2, 0.25) is 5.91 Å². The molecular weight excluding hydrogens is 278 g/mol. The molecular formula is C18H23NO3. The van der Waals surface area contributed by atoms with Gasteiger partial charge in [0.25, 0.3) is 0 Å². The van der Waals surface area contributed by atoms with Gasteiger partial charge in [-0.1, -0.05) is 42.5 Å². The van der Waals surface area contributed by atoms with Crippen molar-refractivity contribution < 1.29 is 14.7 Å². The van der Waals surface area contributed by atoms with Gasteiger partial charge in [-0.05, 0) is 37.2 Å². The van der Waals surface area contributed by atoms with Crippen LogP contribution in [0.2, 0.25) is 0 Å². The predicted molar refractivity (Wildman–Crippen MR) is 85.4 cm³/mol. The third-order valence-electron chi connectivity index (χ3n) is 3.96. The second-order valence-corrected chi connectivity index (χ2v) is 5.86. The number of carboxylic acids is 1. The number of benzene rings is 1. The Balaban J connectivity index is 1.89. The van der Waals surface area contributed by atoms with Crippen LogP contribution < -0.4 is 5.32 Å². The summed E-state index contributed by atoms with van der Waals surface area (Å²) < 4.78 is 0. The zero-order valence-electron chi connectivity index (χ0n) is 12.7. The van der Waals surface area contributed by atoms with Crippen molar-refractivity contribution >= 4 is 11.9 Å². The summed E-state index contributed by atoms with van der Waals surface area (Å²) in [4.78, 5) is 23.0. The van der Waals surface area contributed by atoms with Crippen LogP contribution in [0, 0.1) is 5.92 Å². The third kappa shape index (κ3) is 5.72. The monoisotopic (exact) mass is 301 g/mol. The highest BCUT2D eigenvalue weighted by Crippen LogP contribution is 2.20. The number of carbonyl (C=O) groups is 2. The Morgan fingerprint density at radius 3 is 2.68 bits per heavy atom. The Kier molecular flexibility index (Phi) is 6.19. The van der Waals surface area contributed by atoms with Gasteiger partial charge in [-0.3, -0.25) is 9.59 Å². The highest BCUT2D eigenvalue weighted by Gasteiger charge is 2.18. The molecule has 0 aliphatic heterocycles. The number of hydrogen-bond donors (Lipinski definition) is 2. The van der Waals surface area contributed by atoms with E-state index >= 15 is 0 Å². The van der Waals surface area contributed by atoms with Crippen LogP contribution in [0.4, 0.5) is 0 Å². The van der Waals surface area contributed by atoms with Crippen LogP contribution in [0.3, 0.4) is 0 Å². The normalized spacial score (nSPS) is 18.1. The molecule has 1 amide bonds. The molecule has 0 radical (unpaired) electrons. The summed E-state index contributed by atoms with van der Waals surface area (Å²) >= 11 is 0. The molecule has 1 aromatic carbocycles. The zero-order valence-corrected chi connectivity index (χ0v) is 12.7. The average molecular weight is 301 g/mol. The Labute approximate surface area is 131 Å². The molecule has 118 valence electrons. The van der Waals surface area contributed by atoms with Gasteiger partial charge in [0.15, 0.2) is 0 Å². The average Bonchev–Trinajstić information content (AvgIpc) is 2.98. The molecule has 1 aliphatic carbocycles. The lowest BCUT2D eigenvalue weighted by Gasteiger charge is -2.19. The van der Waals surface area contributed by atoms with Crippen molar-refractivity contribution in [1.29, 1.82) is 0 Å². The highest BCUT2D eigenvalue weighted by atomic mass is 16.4. The van der Waals surface area contributed by atoms with Gasteiger partial charge in [0, 0.05) is 18.9 Å². The molecule has 4 nitrogen and oxygen atoms in total. The molecule has 1 aromatic rings. The number of carboxylic acid groups (broad SMARTS) is 1. The first-order valence-electron chi connectivity index (χ1n) is 7.85. The van der Waals surface area contributed by atoms with E-state index in [0.717, 1.165) is 18.4 Å². The van der Waals surface area contributed by atoms with Gasteiger partial charge in [-0.2, -0.15) is 0 Å². The number of amides is 1. The van der Waals surface area contributed by atoms with E-state index in [4.69, 9.17) is 5.11 Å². The molecule has 22 heavy (non-hydrogen) atoms. The minimum Gasteiger partial charge on any atom is -0.481 e. The van der Waals surface area contributed by atoms with E-state index in [1.807, 2.05) is 30.3 Å². The molecule has 0 fully saturated rings. The summed E-state index contributed by atoms with van der Waals surface area (Å²) in [6, 6.07) is 9.72. The molecule has 0 saturated heterocycles. The van der Waals surface area contributed by atoms with E-state index in [2.05, 4.69) is 17.5 Å². The van der Waals surface area contributed by atoms with Crippen LogP contribution in [0.25, 0.3) is 0 Å². The van der Waals surface area contributed by atoms with Crippen LogP contribution in [0.1, 0.15) is 37.7 Å². The summed E-state index contributed by atoms with van der Waals surface area (Å²) in [5, 5.41) is 11.9. The molecule has 2 rings (SSSR count). The van der Waals surface area contributed by atoms with Crippen molar-refractivity contribution in [1.82, 2.24) is 5.32 Å². The zero-order chi connectivity index (χ0) is 15.8. The summed E-state index contributed by atoms with van der Waals surface area (Å²) in [5.41, 5.74) is 1.11. The SMILES string of the molecule is O=C(O)CCC(Cc1ccccc1)NC(=O)CC1C=CCC1. The van der Waals surface area contributed by atoms with E-state index in [0.29, 0.717) is 25.2 Å². The maximum absolute atomic E-state index is 12.2. The molecule has 0 aromatic heterocycles. The lowest BCUT2D eigenvalue weighted by Crippen LogP contribution is -2.37. The van der Waals surface area contributed by atoms with E-state index in [-0.39, 0.29) is 18.4 Å². The van der Waals surface area contributed by atoms with E-state index in [9.17, 15) is 9.59 Å². The van der Waals surface area contributed by atoms with Crippen LogP contribution in [0.5, 0.6) is 0 Å². The second kappa shape index (κ2) is 8.37. The van der Waals surface area contributed by atoms with E-state index in [1.54, 1.807) is 0 Å². The van der Waals surface area contributed by atoms with Gasteiger partial charge in [0.05, 0.1) is 0 Å². The van der Waals surface area contributed by atoms with Gasteiger partial charge < -0.3 is 10.4 Å². The topological polar surface area (TPSA) is 66.4 Å². The van der Waals surface area contributed by atoms with E-state index < -0.39 is 5.97 Å². The van der Waals surface area contributed by atoms with Crippen molar-refractivity contribution in [2.45, 2.75) is 44.6 Å². The van der Waals surface area contributed by atoms with Crippen molar-refractivity contribution in [3.63, 3.8) is 0 Å². The molecule has 0 heterocycles. The molecule has 0 spiro atoms. The number of hydrogen-bond acceptors (Lipinski definition) is 2. The minimum atomic E-state index is -0.828. The van der Waals surface area contributed by atoms with Crippen molar-refractivity contribution in [3.05, 3.63) is 48.0 Å². The largest absolute Gasteiger partial charge is 0.481 e. The fourth-order valence-corrected chi connectivity index (χ4v) is 2.81. The first-order chi connectivity index (χ1) is 10.6. The number of aliphatic carboxylic acids is 1. The molecule has 0 bridgehead atoms. The summed E-state index contributed by atoms with van der Waals surface area (Å²) in [6.07, 6.45) is 7.98. The Morgan fingerprint density at radius 1 is 1.27 bits per heavy atom. The lowest BCUT2D eigenvalue weighted by molar-refractivity contribution is -0.137. The fraction of sp³-hybridized carbons (Fsp3) is 0.444. The number of rotatable bonds is 8. The smallest absolute Gasteiger partial charge is 0.303 e. The molecule has 2 atom stereocenters. The van der Waals surface area contributed by atoms with Crippen LogP contribution in [-0.2, 0) is 16.0 Å². The van der Waals surface area contributed by atoms with Crippen LogP contribution in [0.15, 0.2) is 42.5 Å². The maximum Gasteiger partial charge on any atom is 0.303 e. The first-order valence-corrected chi connectivity index (χ1v) is 7.85. The molecule has 2 N–H and O–H groups in total. The summed E-state index contributed by atoms with van der Waals surface area (Å²) in [6.45, 7) is 0. The van der Waals surface area contributed by atoms with Crippen molar-refractivity contribution in [2.24, 2.45) is 5.92 Å². The minimum absolute atomic E-state index is 0.0165. The molecule has 1 aliphatic rings. The van der Waals surface area contributed by atoms with Gasteiger partial charge >= 0.3 is 5.97 Å². The molecule has 0 saturated carbocycles. The van der Waals surface area contributed by atoms with Gasteiger partial charge in [-0.15, -0.1) is 0 Å². The second-order valence-electron chi connectivity index (χ2n) is 5.86. The van der Waals surface area contributed by atoms with Gasteiger partial charge in [0.1, 0.15) is 0 Å². The van der Waals surface area contributed by atoms with Crippen LogP contribution >= 0.6 is 0 Å². The number of nitrogens with one attached hydrogen (secondary N) is 1. The fourth-order valence-electron chi connectivity index (χ4n) is 2.81. The molecule has 2 unspecified atom stereocenters. The predicted octanol–water partition coefficient (Wildman–Crippen LogP) is 2.94. The Bertz CT molecular complexity index is 524. The standard InChI is InChI=1S/C18H23NO3/c20-17(13-15-8-4-5-9-15)19-16(10-11-18(21)22)12-14-6-2-1-3-7-14/h1-4,6-8,15-16H,5,9-13H2,(H,19,20)(H,21,22). The van der Waals surface area contributed by atoms with E-state index in [1.165, 1.54) is 0 Å². The Morgan fingerprint density at radius 2 is 2.05 bits per heavy atom. The maximum atomic E-state index is 12.2. The molecule has 4 heteroatoms. The van der Waals surface area contributed by atoms with Crippen molar-refractivity contribution in [2.75, 3.05) is 0 Å². The van der Waals surface area contributed by atoms with Crippen molar-refractivity contribution in [3.8, 4) is 0 Å². The number of allylic oxidation sites excluding steroid dienone is 2. The first kappa shape index (κ1) is 16.3. The summed E-state index contributed by atoms with van der Waals surface area (Å²) in [7, 11) is 0. The van der Waals surface area contributed by atoms with Gasteiger partial charge in [-0.25, -0.2) is 0 Å². The third-order valence-corrected chi connectivity index (χ3v) is 3.96. The highest BCUT2D eigenvalue weighted by molar-refractivity contribution is 5.77.